The van der Waals surface area contributed by atoms with Gasteiger partial charge in [0.25, 0.3) is 0 Å². The summed E-state index contributed by atoms with van der Waals surface area (Å²) >= 11 is 0. The maximum Gasteiger partial charge on any atom is 0.338 e. The van der Waals surface area contributed by atoms with Crippen molar-refractivity contribution in [3.05, 3.63) is 29.3 Å². The smallest absolute Gasteiger partial charge is 0.338 e. The van der Waals surface area contributed by atoms with Crippen molar-refractivity contribution in [2.24, 2.45) is 17.3 Å². The van der Waals surface area contributed by atoms with Crippen molar-refractivity contribution in [1.82, 2.24) is 0 Å². The van der Waals surface area contributed by atoms with Crippen molar-refractivity contribution < 1.29 is 39.9 Å². The molecule has 3 aliphatic rings. The molecule has 0 amide bonds. The highest BCUT2D eigenvalue weighted by molar-refractivity contribution is 5.75. The standard InChI is InChI=1S/C24H32O8/c1-24-9-8-15-14-5-3-13(26)10-12(14)2-4-16(15)17(24)6-7-19(24)32-23(31)22(30)21(29)20(28)18(27)11-25/h3,5,10-11,15-22,26-30H,2,4,6-9H2,1H3/t15-,16-,17+,18+,19?,20-,21+,22+,24+/m1/s1. The molecule has 9 atom stereocenters. The largest absolute Gasteiger partial charge is 0.508 e. The Hall–Kier alpha value is -2.00. The predicted molar refractivity (Wildman–Crippen MR) is 113 cm³/mol. The molecule has 0 aromatic heterocycles. The fourth-order valence-corrected chi connectivity index (χ4v) is 6.53. The van der Waals surface area contributed by atoms with E-state index < -0.39 is 36.5 Å². The van der Waals surface area contributed by atoms with Gasteiger partial charge in [0.05, 0.1) is 0 Å². The molecule has 4 rings (SSSR count). The SMILES string of the molecule is C[C@]12CC[C@@H]3c4ccc(O)cc4CC[C@H]3[C@@H]1CCC2OC(=O)[C@@H](O)[C@@H](O)[C@H](O)[C@@H](O)C=O. The van der Waals surface area contributed by atoms with E-state index in [1.165, 1.54) is 11.1 Å². The van der Waals surface area contributed by atoms with Gasteiger partial charge in [-0.2, -0.15) is 0 Å². The molecular formula is C24H32O8. The number of aromatic hydroxyl groups is 1. The Bertz CT molecular complexity index is 872. The van der Waals surface area contributed by atoms with Crippen LogP contribution in [0, 0.1) is 17.3 Å². The summed E-state index contributed by atoms with van der Waals surface area (Å²) in [6.07, 6.45) is -3.12. The van der Waals surface area contributed by atoms with Gasteiger partial charge in [-0.15, -0.1) is 0 Å². The molecule has 1 aromatic carbocycles. The number of carbonyl (C=O) groups is 2. The van der Waals surface area contributed by atoms with E-state index in [1.807, 2.05) is 12.1 Å². The molecular weight excluding hydrogens is 416 g/mol. The minimum atomic E-state index is -2.06. The second-order valence-electron chi connectivity index (χ2n) is 9.90. The molecule has 32 heavy (non-hydrogen) atoms. The number of aryl methyl sites for hydroxylation is 1. The van der Waals surface area contributed by atoms with Gasteiger partial charge in [0.2, 0.25) is 0 Å². The molecule has 176 valence electrons. The lowest BCUT2D eigenvalue weighted by Crippen LogP contribution is -2.50. The molecule has 0 heterocycles. The van der Waals surface area contributed by atoms with Gasteiger partial charge in [0, 0.05) is 5.41 Å². The number of ether oxygens (including phenoxy) is 1. The third-order valence-corrected chi connectivity index (χ3v) is 8.29. The van der Waals surface area contributed by atoms with Crippen LogP contribution in [0.3, 0.4) is 0 Å². The Kier molecular flexibility index (Phi) is 6.33. The van der Waals surface area contributed by atoms with Crippen LogP contribution < -0.4 is 0 Å². The van der Waals surface area contributed by atoms with E-state index in [4.69, 9.17) is 4.74 Å². The molecule has 3 aliphatic carbocycles. The maximum absolute atomic E-state index is 12.5. The van der Waals surface area contributed by atoms with Crippen LogP contribution in [0.25, 0.3) is 0 Å². The van der Waals surface area contributed by atoms with E-state index >= 15 is 0 Å². The maximum atomic E-state index is 12.5. The molecule has 0 spiro atoms. The van der Waals surface area contributed by atoms with E-state index in [2.05, 4.69) is 6.92 Å². The van der Waals surface area contributed by atoms with Gasteiger partial charge in [-0.3, -0.25) is 0 Å². The van der Waals surface area contributed by atoms with Crippen LogP contribution in [0.4, 0.5) is 0 Å². The topological polar surface area (TPSA) is 145 Å². The molecule has 0 radical (unpaired) electrons. The van der Waals surface area contributed by atoms with Gasteiger partial charge in [0.15, 0.2) is 12.4 Å². The third-order valence-electron chi connectivity index (χ3n) is 8.29. The Morgan fingerprint density at radius 1 is 1.12 bits per heavy atom. The summed E-state index contributed by atoms with van der Waals surface area (Å²) in [6.45, 7) is 2.12. The number of hydrogen-bond acceptors (Lipinski definition) is 8. The first kappa shape index (κ1) is 23.2. The summed E-state index contributed by atoms with van der Waals surface area (Å²) in [7, 11) is 0. The van der Waals surface area contributed by atoms with Crippen LogP contribution in [0.15, 0.2) is 18.2 Å². The summed E-state index contributed by atoms with van der Waals surface area (Å²) in [5.41, 5.74) is 2.27. The number of fused-ring (bicyclic) bond motifs is 5. The number of carbonyl (C=O) groups excluding carboxylic acids is 2. The molecule has 5 N–H and O–H groups in total. The van der Waals surface area contributed by atoms with Crippen LogP contribution in [-0.2, 0) is 20.7 Å². The summed E-state index contributed by atoms with van der Waals surface area (Å²) in [4.78, 5) is 23.1. The average molecular weight is 449 g/mol. The normalized spacial score (nSPS) is 34.9. The molecule has 2 fully saturated rings. The van der Waals surface area contributed by atoms with Crippen molar-refractivity contribution >= 4 is 12.3 Å². The highest BCUT2D eigenvalue weighted by atomic mass is 16.6. The number of benzene rings is 1. The van der Waals surface area contributed by atoms with Crippen molar-refractivity contribution in [1.29, 1.82) is 0 Å². The molecule has 1 unspecified atom stereocenters. The summed E-state index contributed by atoms with van der Waals surface area (Å²) < 4.78 is 5.63. The van der Waals surface area contributed by atoms with Crippen molar-refractivity contribution in [2.75, 3.05) is 0 Å². The first-order valence-corrected chi connectivity index (χ1v) is 11.4. The van der Waals surface area contributed by atoms with E-state index in [-0.39, 0.29) is 11.7 Å². The van der Waals surface area contributed by atoms with Gasteiger partial charge in [-0.1, -0.05) is 13.0 Å². The zero-order chi connectivity index (χ0) is 23.2. The number of phenolic OH excluding ortho intramolecular Hbond substituents is 1. The Morgan fingerprint density at radius 2 is 1.88 bits per heavy atom. The lowest BCUT2D eigenvalue weighted by atomic mass is 9.55. The number of aldehydes is 1. The van der Waals surface area contributed by atoms with Crippen LogP contribution in [0.5, 0.6) is 5.75 Å². The Balaban J connectivity index is 1.45. The van der Waals surface area contributed by atoms with E-state index in [0.29, 0.717) is 29.9 Å². The van der Waals surface area contributed by atoms with Gasteiger partial charge < -0.3 is 35.1 Å². The van der Waals surface area contributed by atoms with E-state index in [0.717, 1.165) is 32.1 Å². The van der Waals surface area contributed by atoms with Crippen molar-refractivity contribution in [3.8, 4) is 5.75 Å². The lowest BCUT2D eigenvalue weighted by molar-refractivity contribution is -0.181. The van der Waals surface area contributed by atoms with Crippen LogP contribution in [0.2, 0.25) is 0 Å². The fraction of sp³-hybridized carbons (Fsp3) is 0.667. The van der Waals surface area contributed by atoms with Crippen molar-refractivity contribution in [3.63, 3.8) is 0 Å². The van der Waals surface area contributed by atoms with Gasteiger partial charge >= 0.3 is 5.97 Å². The van der Waals surface area contributed by atoms with Crippen LogP contribution >= 0.6 is 0 Å². The van der Waals surface area contributed by atoms with Gasteiger partial charge in [-0.25, -0.2) is 4.79 Å². The quantitative estimate of drug-likeness (QED) is 0.318. The Morgan fingerprint density at radius 3 is 2.59 bits per heavy atom. The molecule has 1 aromatic rings. The molecule has 0 bridgehead atoms. The first-order chi connectivity index (χ1) is 15.2. The van der Waals surface area contributed by atoms with E-state index in [1.54, 1.807) is 6.07 Å². The monoisotopic (exact) mass is 448 g/mol. The average Bonchev–Trinajstić information content (AvgIpc) is 3.12. The molecule has 0 aliphatic heterocycles. The first-order valence-electron chi connectivity index (χ1n) is 11.4. The highest BCUT2D eigenvalue weighted by Gasteiger charge is 2.56. The van der Waals surface area contributed by atoms with Crippen LogP contribution in [-0.4, -0.2) is 68.3 Å². The minimum Gasteiger partial charge on any atom is -0.508 e. The summed E-state index contributed by atoms with van der Waals surface area (Å²) in [6, 6.07) is 5.64. The summed E-state index contributed by atoms with van der Waals surface area (Å²) in [5, 5.41) is 49.0. The second kappa shape index (κ2) is 8.74. The van der Waals surface area contributed by atoms with Crippen molar-refractivity contribution in [2.45, 2.75) is 81.9 Å². The van der Waals surface area contributed by atoms with Gasteiger partial charge in [0.1, 0.15) is 30.2 Å². The molecule has 2 saturated carbocycles. The fourth-order valence-electron chi connectivity index (χ4n) is 6.53. The lowest BCUT2D eigenvalue weighted by Gasteiger charge is -2.50. The number of esters is 1. The van der Waals surface area contributed by atoms with Gasteiger partial charge in [-0.05, 0) is 79.5 Å². The van der Waals surface area contributed by atoms with Crippen LogP contribution in [0.1, 0.15) is 56.1 Å². The number of aliphatic hydroxyl groups excluding tert-OH is 4. The second-order valence-corrected chi connectivity index (χ2v) is 9.90. The predicted octanol–water partition coefficient (Wildman–Crippen LogP) is 0.803. The minimum absolute atomic E-state index is 0.0245. The Labute approximate surface area is 186 Å². The number of aliphatic hydroxyl groups is 4. The number of hydrogen-bond donors (Lipinski definition) is 5. The molecule has 0 saturated heterocycles. The number of rotatable bonds is 6. The third kappa shape index (κ3) is 3.83. The highest BCUT2D eigenvalue weighted by Crippen LogP contribution is 2.61. The zero-order valence-electron chi connectivity index (χ0n) is 18.1. The molecule has 8 nitrogen and oxygen atoms in total. The molecule has 8 heteroatoms. The zero-order valence-corrected chi connectivity index (χ0v) is 18.1. The van der Waals surface area contributed by atoms with E-state index in [9.17, 15) is 35.1 Å². The summed E-state index contributed by atoms with van der Waals surface area (Å²) in [5.74, 6) is 0.453. The number of phenols is 1.